The number of urea groups is 1. The summed E-state index contributed by atoms with van der Waals surface area (Å²) in [5, 5.41) is 2.64. The predicted octanol–water partition coefficient (Wildman–Crippen LogP) is 3.85. The third kappa shape index (κ3) is 3.51. The number of hydrogen-bond donors (Lipinski definition) is 1. The Morgan fingerprint density at radius 1 is 1.13 bits per heavy atom. The lowest BCUT2D eigenvalue weighted by Crippen LogP contribution is -2.30. The number of aryl methyl sites for hydroxylation is 1. The molecule has 1 aliphatic heterocycles. The number of nitrogens with zero attached hydrogens (tertiary/aromatic N) is 1. The summed E-state index contributed by atoms with van der Waals surface area (Å²) in [6.45, 7) is 2.26. The summed E-state index contributed by atoms with van der Waals surface area (Å²) < 4.78 is 0.917. The summed E-state index contributed by atoms with van der Waals surface area (Å²) in [6.07, 6.45) is 1.68. The van der Waals surface area contributed by atoms with Gasteiger partial charge in [0.1, 0.15) is 5.70 Å². The van der Waals surface area contributed by atoms with E-state index < -0.39 is 6.03 Å². The molecule has 0 bridgehead atoms. The van der Waals surface area contributed by atoms with Gasteiger partial charge in [0.05, 0.1) is 6.54 Å². The molecule has 1 aliphatic rings. The van der Waals surface area contributed by atoms with Gasteiger partial charge in [-0.2, -0.15) is 0 Å². The number of rotatable bonds is 3. The van der Waals surface area contributed by atoms with Gasteiger partial charge in [0.2, 0.25) is 0 Å². The molecule has 2 aromatic rings. The van der Waals surface area contributed by atoms with Crippen molar-refractivity contribution in [3.8, 4) is 0 Å². The van der Waals surface area contributed by atoms with E-state index in [-0.39, 0.29) is 12.5 Å². The van der Waals surface area contributed by atoms with Gasteiger partial charge in [-0.3, -0.25) is 9.69 Å². The van der Waals surface area contributed by atoms with Gasteiger partial charge in [-0.05, 0) is 36.3 Å². The second kappa shape index (κ2) is 6.38. The predicted molar refractivity (Wildman–Crippen MR) is 92.4 cm³/mol. The van der Waals surface area contributed by atoms with Gasteiger partial charge in [0.15, 0.2) is 0 Å². The average molecular weight is 371 g/mol. The van der Waals surface area contributed by atoms with Gasteiger partial charge in [0.25, 0.3) is 5.91 Å². The Balaban J connectivity index is 1.81. The number of benzene rings is 2. The lowest BCUT2D eigenvalue weighted by Gasteiger charge is -2.11. The van der Waals surface area contributed by atoms with Crippen LogP contribution in [-0.4, -0.2) is 16.8 Å². The van der Waals surface area contributed by atoms with Gasteiger partial charge in [-0.15, -0.1) is 0 Å². The van der Waals surface area contributed by atoms with Crippen LogP contribution < -0.4 is 5.32 Å². The fourth-order valence-electron chi connectivity index (χ4n) is 2.35. The molecule has 0 atom stereocenters. The van der Waals surface area contributed by atoms with E-state index in [0.717, 1.165) is 21.2 Å². The normalized spacial score (nSPS) is 16.1. The molecule has 1 heterocycles. The topological polar surface area (TPSA) is 49.4 Å². The largest absolute Gasteiger partial charge is 0.329 e. The highest BCUT2D eigenvalue weighted by Crippen LogP contribution is 2.19. The van der Waals surface area contributed by atoms with Crippen LogP contribution in [0.4, 0.5) is 4.79 Å². The van der Waals surface area contributed by atoms with Crippen molar-refractivity contribution < 1.29 is 9.59 Å². The van der Waals surface area contributed by atoms with E-state index in [0.29, 0.717) is 5.70 Å². The molecule has 3 amide bonds. The van der Waals surface area contributed by atoms with Crippen LogP contribution in [0.2, 0.25) is 0 Å². The van der Waals surface area contributed by atoms with Crippen molar-refractivity contribution in [2.45, 2.75) is 13.5 Å². The summed E-state index contributed by atoms with van der Waals surface area (Å²) in [5.41, 5.74) is 3.20. The minimum Gasteiger partial charge on any atom is -0.303 e. The second-order valence-electron chi connectivity index (χ2n) is 5.42. The molecule has 0 saturated carbocycles. The van der Waals surface area contributed by atoms with Gasteiger partial charge in [-0.25, -0.2) is 4.79 Å². The lowest BCUT2D eigenvalue weighted by atomic mass is 10.1. The third-order valence-electron chi connectivity index (χ3n) is 3.58. The van der Waals surface area contributed by atoms with Crippen molar-refractivity contribution in [2.24, 2.45) is 0 Å². The van der Waals surface area contributed by atoms with Crippen LogP contribution in [0.3, 0.4) is 0 Å². The summed E-state index contributed by atoms with van der Waals surface area (Å²) >= 11 is 3.39. The Hall–Kier alpha value is -2.40. The van der Waals surface area contributed by atoms with E-state index in [9.17, 15) is 9.59 Å². The SMILES string of the molecule is Cc1ccc(CN2C(=O)N/C(=C/c3cccc(Br)c3)C2=O)cc1. The molecule has 0 unspecified atom stereocenters. The van der Waals surface area contributed by atoms with Crippen LogP contribution in [-0.2, 0) is 11.3 Å². The molecule has 0 aliphatic carbocycles. The van der Waals surface area contributed by atoms with Crippen LogP contribution in [0, 0.1) is 6.92 Å². The Morgan fingerprint density at radius 3 is 2.57 bits per heavy atom. The van der Waals surface area contributed by atoms with E-state index in [4.69, 9.17) is 0 Å². The van der Waals surface area contributed by atoms with Gasteiger partial charge in [-0.1, -0.05) is 57.9 Å². The summed E-state index contributed by atoms with van der Waals surface area (Å²) in [5.74, 6) is -0.310. The van der Waals surface area contributed by atoms with Crippen molar-refractivity contribution >= 4 is 33.9 Å². The Kier molecular flexibility index (Phi) is 4.30. The zero-order chi connectivity index (χ0) is 16.4. The molecule has 5 heteroatoms. The van der Waals surface area contributed by atoms with Gasteiger partial charge in [0, 0.05) is 4.47 Å². The molecule has 1 fully saturated rings. The summed E-state index contributed by atoms with van der Waals surface area (Å²) in [7, 11) is 0. The minimum atomic E-state index is -0.392. The molecule has 0 radical (unpaired) electrons. The first-order chi connectivity index (χ1) is 11.0. The van der Waals surface area contributed by atoms with Crippen LogP contribution >= 0.6 is 15.9 Å². The van der Waals surface area contributed by atoms with Crippen molar-refractivity contribution in [3.05, 3.63) is 75.4 Å². The maximum absolute atomic E-state index is 12.4. The number of nitrogens with one attached hydrogen (secondary N) is 1. The van der Waals surface area contributed by atoms with Crippen molar-refractivity contribution in [3.63, 3.8) is 0 Å². The Labute approximate surface area is 142 Å². The standard InChI is InChI=1S/C18H15BrN2O2/c1-12-5-7-13(8-6-12)11-21-17(22)16(20-18(21)23)10-14-3-2-4-15(19)9-14/h2-10H,11H2,1H3,(H,20,23)/b16-10+. The molecule has 2 aromatic carbocycles. The van der Waals surface area contributed by atoms with E-state index in [2.05, 4.69) is 21.2 Å². The molecule has 1 saturated heterocycles. The number of imide groups is 1. The van der Waals surface area contributed by atoms with Gasteiger partial charge < -0.3 is 5.32 Å². The first-order valence-electron chi connectivity index (χ1n) is 7.18. The molecule has 3 rings (SSSR count). The third-order valence-corrected chi connectivity index (χ3v) is 4.08. The molecule has 23 heavy (non-hydrogen) atoms. The molecular weight excluding hydrogens is 356 g/mol. The highest BCUT2D eigenvalue weighted by atomic mass is 79.9. The summed E-state index contributed by atoms with van der Waals surface area (Å²) in [6, 6.07) is 14.9. The maximum atomic E-state index is 12.4. The highest BCUT2D eigenvalue weighted by molar-refractivity contribution is 9.10. The Bertz CT molecular complexity index is 797. The van der Waals surface area contributed by atoms with E-state index in [1.807, 2.05) is 55.5 Å². The zero-order valence-electron chi connectivity index (χ0n) is 12.5. The lowest BCUT2D eigenvalue weighted by molar-refractivity contribution is -0.123. The van der Waals surface area contributed by atoms with Crippen LogP contribution in [0.25, 0.3) is 6.08 Å². The van der Waals surface area contributed by atoms with Crippen LogP contribution in [0.5, 0.6) is 0 Å². The minimum absolute atomic E-state index is 0.265. The summed E-state index contributed by atoms with van der Waals surface area (Å²) in [4.78, 5) is 25.7. The molecular formula is C18H15BrN2O2. The van der Waals surface area contributed by atoms with E-state index in [1.165, 1.54) is 4.90 Å². The quantitative estimate of drug-likeness (QED) is 0.658. The smallest absolute Gasteiger partial charge is 0.303 e. The van der Waals surface area contributed by atoms with Crippen LogP contribution in [0.1, 0.15) is 16.7 Å². The second-order valence-corrected chi connectivity index (χ2v) is 6.34. The highest BCUT2D eigenvalue weighted by Gasteiger charge is 2.33. The Morgan fingerprint density at radius 2 is 1.87 bits per heavy atom. The first-order valence-corrected chi connectivity index (χ1v) is 7.98. The number of hydrogen-bond acceptors (Lipinski definition) is 2. The monoisotopic (exact) mass is 370 g/mol. The molecule has 116 valence electrons. The molecule has 0 spiro atoms. The number of carbonyl (C=O) groups excluding carboxylic acids is 2. The number of halogens is 1. The molecule has 4 nitrogen and oxygen atoms in total. The molecule has 0 aromatic heterocycles. The number of carbonyl (C=O) groups is 2. The fraction of sp³-hybridized carbons (Fsp3) is 0.111. The zero-order valence-corrected chi connectivity index (χ0v) is 14.1. The van der Waals surface area contributed by atoms with Crippen LogP contribution in [0.15, 0.2) is 58.7 Å². The van der Waals surface area contributed by atoms with E-state index >= 15 is 0 Å². The van der Waals surface area contributed by atoms with Gasteiger partial charge >= 0.3 is 6.03 Å². The maximum Gasteiger partial charge on any atom is 0.329 e. The first kappa shape index (κ1) is 15.5. The molecule has 1 N–H and O–H groups in total. The number of amides is 3. The van der Waals surface area contributed by atoms with Crippen molar-refractivity contribution in [2.75, 3.05) is 0 Å². The fourth-order valence-corrected chi connectivity index (χ4v) is 2.77. The van der Waals surface area contributed by atoms with Crippen molar-refractivity contribution in [1.82, 2.24) is 10.2 Å². The average Bonchev–Trinajstić information content (AvgIpc) is 2.77. The van der Waals surface area contributed by atoms with E-state index in [1.54, 1.807) is 6.08 Å². The van der Waals surface area contributed by atoms with Crippen molar-refractivity contribution in [1.29, 1.82) is 0 Å².